The van der Waals surface area contributed by atoms with E-state index in [0.717, 1.165) is 19.3 Å². The average Bonchev–Trinajstić information content (AvgIpc) is 2.78. The second kappa shape index (κ2) is 8.97. The van der Waals surface area contributed by atoms with E-state index in [9.17, 15) is 9.90 Å². The highest BCUT2D eigenvalue weighted by molar-refractivity contribution is 5.70. The van der Waals surface area contributed by atoms with Gasteiger partial charge >= 0.3 is 5.97 Å². The molecular formula is C19H32O5. The molecule has 0 aliphatic carbocycles. The van der Waals surface area contributed by atoms with Crippen LogP contribution in [-0.2, 0) is 19.0 Å². The van der Waals surface area contributed by atoms with Gasteiger partial charge in [-0.1, -0.05) is 44.8 Å². The molecule has 5 nitrogen and oxygen atoms in total. The number of aliphatic hydroxyl groups is 1. The molecule has 1 saturated heterocycles. The van der Waals surface area contributed by atoms with Gasteiger partial charge in [0.1, 0.15) is 12.2 Å². The van der Waals surface area contributed by atoms with Crippen LogP contribution in [0, 0.1) is 0 Å². The number of rotatable bonds is 6. The lowest BCUT2D eigenvalue weighted by Gasteiger charge is -2.24. The minimum absolute atomic E-state index is 0.00945. The molecule has 1 N–H and O–H groups in total. The number of unbranched alkanes of at least 4 members (excludes halogenated alkanes) is 4. The zero-order chi connectivity index (χ0) is 17.6. The van der Waals surface area contributed by atoms with Crippen molar-refractivity contribution in [3.8, 4) is 0 Å². The molecule has 2 aliphatic heterocycles. The molecule has 138 valence electrons. The van der Waals surface area contributed by atoms with Crippen molar-refractivity contribution in [1.29, 1.82) is 0 Å². The van der Waals surface area contributed by atoms with Crippen molar-refractivity contribution in [2.45, 2.75) is 102 Å². The van der Waals surface area contributed by atoms with Crippen LogP contribution in [-0.4, -0.2) is 41.3 Å². The van der Waals surface area contributed by atoms with Crippen molar-refractivity contribution in [1.82, 2.24) is 0 Å². The summed E-state index contributed by atoms with van der Waals surface area (Å²) in [5.41, 5.74) is 0. The van der Waals surface area contributed by atoms with Crippen LogP contribution in [0.3, 0.4) is 0 Å². The van der Waals surface area contributed by atoms with Crippen molar-refractivity contribution in [3.05, 3.63) is 12.2 Å². The Labute approximate surface area is 145 Å². The second-order valence-corrected chi connectivity index (χ2v) is 7.35. The van der Waals surface area contributed by atoms with Crippen LogP contribution >= 0.6 is 0 Å². The first-order chi connectivity index (χ1) is 11.4. The fourth-order valence-corrected chi connectivity index (χ4v) is 3.38. The number of hydrogen-bond donors (Lipinski definition) is 1. The molecule has 0 bridgehead atoms. The van der Waals surface area contributed by atoms with Gasteiger partial charge in [0.25, 0.3) is 0 Å². The topological polar surface area (TPSA) is 65.0 Å². The fraction of sp³-hybridized carbons (Fsp3) is 0.842. The quantitative estimate of drug-likeness (QED) is 0.455. The number of esters is 1. The molecule has 24 heavy (non-hydrogen) atoms. The Morgan fingerprint density at radius 3 is 2.67 bits per heavy atom. The summed E-state index contributed by atoms with van der Waals surface area (Å²) in [6.07, 6.45) is 9.37. The predicted octanol–water partition coefficient (Wildman–Crippen LogP) is 3.49. The molecule has 0 aromatic heterocycles. The van der Waals surface area contributed by atoms with Crippen molar-refractivity contribution < 1.29 is 24.1 Å². The largest absolute Gasteiger partial charge is 0.462 e. The zero-order valence-electron chi connectivity index (χ0n) is 15.2. The van der Waals surface area contributed by atoms with Crippen LogP contribution in [0.2, 0.25) is 0 Å². The number of aliphatic hydroxyl groups excluding tert-OH is 1. The number of cyclic esters (lactones) is 1. The van der Waals surface area contributed by atoms with Crippen LogP contribution in [0.25, 0.3) is 0 Å². The van der Waals surface area contributed by atoms with E-state index in [0.29, 0.717) is 6.42 Å². The molecule has 0 radical (unpaired) electrons. The van der Waals surface area contributed by atoms with Crippen LogP contribution in [0.4, 0.5) is 0 Å². The number of ether oxygens (including phenoxy) is 3. The standard InChI is InChI=1S/C19H32O5/c1-4-5-6-7-8-9-15-13-17-16(23-19(2,3)24-17)11-10-14(20)12-18(21)22-15/h10-11,14-17,20H,4-9,12-13H2,1-3H3/b11-10+/t14-,15-,16-,17+/m1/s1. The summed E-state index contributed by atoms with van der Waals surface area (Å²) < 4.78 is 17.5. The molecule has 2 aliphatic rings. The van der Waals surface area contributed by atoms with Crippen molar-refractivity contribution in [2.24, 2.45) is 0 Å². The Morgan fingerprint density at radius 2 is 1.92 bits per heavy atom. The third-order valence-corrected chi connectivity index (χ3v) is 4.54. The lowest BCUT2D eigenvalue weighted by molar-refractivity contribution is -0.156. The molecule has 0 saturated carbocycles. The van der Waals surface area contributed by atoms with Gasteiger partial charge in [-0.3, -0.25) is 4.79 Å². The second-order valence-electron chi connectivity index (χ2n) is 7.35. The van der Waals surface area contributed by atoms with E-state index in [4.69, 9.17) is 14.2 Å². The van der Waals surface area contributed by atoms with E-state index in [2.05, 4.69) is 6.92 Å². The van der Waals surface area contributed by atoms with Crippen LogP contribution in [0.1, 0.15) is 72.1 Å². The lowest BCUT2D eigenvalue weighted by atomic mass is 9.99. The van der Waals surface area contributed by atoms with E-state index in [-0.39, 0.29) is 30.7 Å². The van der Waals surface area contributed by atoms with Crippen molar-refractivity contribution in [2.75, 3.05) is 0 Å². The molecule has 0 aromatic carbocycles. The van der Waals surface area contributed by atoms with Crippen molar-refractivity contribution >= 4 is 5.97 Å². The molecular weight excluding hydrogens is 308 g/mol. The minimum atomic E-state index is -0.839. The first-order valence-electron chi connectivity index (χ1n) is 9.31. The molecule has 2 heterocycles. The monoisotopic (exact) mass is 340 g/mol. The molecule has 0 spiro atoms. The SMILES string of the molecule is CCCCCCC[C@@H]1C[C@@H]2OC(C)(C)O[C@@H]2/C=C/[C@@H](O)CC(=O)O1. The van der Waals surface area contributed by atoms with Gasteiger partial charge in [-0.05, 0) is 26.7 Å². The molecule has 0 aromatic rings. The Morgan fingerprint density at radius 1 is 1.17 bits per heavy atom. The minimum Gasteiger partial charge on any atom is -0.462 e. The zero-order valence-corrected chi connectivity index (χ0v) is 15.2. The van der Waals surface area contributed by atoms with Gasteiger partial charge in [-0.2, -0.15) is 0 Å². The molecule has 4 atom stereocenters. The van der Waals surface area contributed by atoms with Crippen LogP contribution in [0.5, 0.6) is 0 Å². The molecule has 0 amide bonds. The van der Waals surface area contributed by atoms with Gasteiger partial charge < -0.3 is 19.3 Å². The van der Waals surface area contributed by atoms with Gasteiger partial charge in [0.15, 0.2) is 5.79 Å². The maximum Gasteiger partial charge on any atom is 0.309 e. The first-order valence-corrected chi connectivity index (χ1v) is 9.31. The van der Waals surface area contributed by atoms with Gasteiger partial charge in [-0.15, -0.1) is 0 Å². The molecule has 0 unspecified atom stereocenters. The molecule has 5 heteroatoms. The number of carbonyl (C=O) groups is 1. The Kier molecular flexibility index (Phi) is 7.26. The van der Waals surface area contributed by atoms with Crippen LogP contribution < -0.4 is 0 Å². The highest BCUT2D eigenvalue weighted by Gasteiger charge is 2.41. The highest BCUT2D eigenvalue weighted by atomic mass is 16.8. The van der Waals surface area contributed by atoms with Crippen molar-refractivity contribution in [3.63, 3.8) is 0 Å². The number of carbonyl (C=O) groups excluding carboxylic acids is 1. The van der Waals surface area contributed by atoms with Gasteiger partial charge in [0.05, 0.1) is 18.6 Å². The highest BCUT2D eigenvalue weighted by Crippen LogP contribution is 2.33. The lowest BCUT2D eigenvalue weighted by Crippen LogP contribution is -2.31. The van der Waals surface area contributed by atoms with E-state index in [1.807, 2.05) is 19.9 Å². The Bertz CT molecular complexity index is 431. The van der Waals surface area contributed by atoms with E-state index >= 15 is 0 Å². The number of hydrogen-bond acceptors (Lipinski definition) is 5. The smallest absolute Gasteiger partial charge is 0.309 e. The molecule has 1 fully saturated rings. The maximum atomic E-state index is 12.0. The average molecular weight is 340 g/mol. The maximum absolute atomic E-state index is 12.0. The Balaban J connectivity index is 1.99. The van der Waals surface area contributed by atoms with E-state index < -0.39 is 11.9 Å². The summed E-state index contributed by atoms with van der Waals surface area (Å²) in [6.45, 7) is 5.96. The number of fused-ring (bicyclic) bond motifs is 1. The van der Waals surface area contributed by atoms with Gasteiger partial charge in [0.2, 0.25) is 0 Å². The third kappa shape index (κ3) is 6.19. The van der Waals surface area contributed by atoms with Gasteiger partial charge in [0, 0.05) is 6.42 Å². The van der Waals surface area contributed by atoms with Crippen LogP contribution in [0.15, 0.2) is 12.2 Å². The summed E-state index contributed by atoms with van der Waals surface area (Å²) in [6, 6.07) is 0. The fourth-order valence-electron chi connectivity index (χ4n) is 3.38. The summed E-state index contributed by atoms with van der Waals surface area (Å²) in [4.78, 5) is 12.0. The van der Waals surface area contributed by atoms with E-state index in [1.54, 1.807) is 6.08 Å². The summed E-state index contributed by atoms with van der Waals surface area (Å²) in [7, 11) is 0. The normalized spacial score (nSPS) is 34.4. The third-order valence-electron chi connectivity index (χ3n) is 4.54. The Hall–Kier alpha value is -0.910. The molecule has 2 rings (SSSR count). The summed E-state index contributed by atoms with van der Waals surface area (Å²) >= 11 is 0. The summed E-state index contributed by atoms with van der Waals surface area (Å²) in [5, 5.41) is 9.93. The predicted molar refractivity (Wildman–Crippen MR) is 91.5 cm³/mol. The first kappa shape index (κ1) is 19.4. The summed E-state index contributed by atoms with van der Waals surface area (Å²) in [5.74, 6) is -1.00. The van der Waals surface area contributed by atoms with Gasteiger partial charge in [-0.25, -0.2) is 0 Å². The van der Waals surface area contributed by atoms with E-state index in [1.165, 1.54) is 19.3 Å².